The van der Waals surface area contributed by atoms with E-state index in [4.69, 9.17) is 4.74 Å². The molecule has 1 aromatic heterocycles. The Hall–Kier alpha value is -2.08. The minimum atomic E-state index is 0.0756. The summed E-state index contributed by atoms with van der Waals surface area (Å²) in [5.41, 5.74) is 1.07. The second kappa shape index (κ2) is 9.42. The van der Waals surface area contributed by atoms with Crippen LogP contribution < -0.4 is 15.0 Å². The summed E-state index contributed by atoms with van der Waals surface area (Å²) < 4.78 is 5.59. The maximum Gasteiger partial charge on any atom is 0.220 e. The molecule has 0 spiro atoms. The van der Waals surface area contributed by atoms with Gasteiger partial charge in [0.2, 0.25) is 5.91 Å². The van der Waals surface area contributed by atoms with Gasteiger partial charge in [-0.15, -0.1) is 11.3 Å². The quantitative estimate of drug-likeness (QED) is 0.698. The third-order valence-electron chi connectivity index (χ3n) is 4.18. The fraction of sp³-hybridized carbons (Fsp3) is 0.474. The lowest BCUT2D eigenvalue weighted by atomic mass is 10.3. The number of para-hydroxylation sites is 1. The lowest BCUT2D eigenvalue weighted by Gasteiger charge is -2.12. The highest BCUT2D eigenvalue weighted by molar-refractivity contribution is 7.13. The van der Waals surface area contributed by atoms with E-state index in [0.29, 0.717) is 19.6 Å². The zero-order chi connectivity index (χ0) is 17.3. The van der Waals surface area contributed by atoms with Crippen molar-refractivity contribution in [1.29, 1.82) is 0 Å². The Kier molecular flexibility index (Phi) is 6.68. The second-order valence-electron chi connectivity index (χ2n) is 6.18. The number of rotatable bonds is 9. The standard InChI is InChI=1S/C19H25N3O2S/c23-18(9-6-14-24-17-7-2-1-3-8-17)20-11-10-16-15-25-19(21-16)22-12-4-5-13-22/h1-3,7-8,15H,4-6,9-14H2,(H,20,23). The molecule has 1 amide bonds. The number of hydrogen-bond donors (Lipinski definition) is 1. The summed E-state index contributed by atoms with van der Waals surface area (Å²) in [6.45, 7) is 3.44. The molecule has 2 heterocycles. The third kappa shape index (κ3) is 5.74. The molecule has 134 valence electrons. The minimum absolute atomic E-state index is 0.0756. The Balaban J connectivity index is 1.27. The van der Waals surface area contributed by atoms with E-state index < -0.39 is 0 Å². The molecule has 0 atom stereocenters. The van der Waals surface area contributed by atoms with Gasteiger partial charge in [-0.3, -0.25) is 4.79 Å². The SMILES string of the molecule is O=C(CCCOc1ccccc1)NCCc1csc(N2CCCC2)n1. The van der Waals surface area contributed by atoms with Crippen LogP contribution in [0, 0.1) is 0 Å². The molecule has 1 aromatic carbocycles. The highest BCUT2D eigenvalue weighted by atomic mass is 32.1. The number of anilines is 1. The maximum absolute atomic E-state index is 11.9. The summed E-state index contributed by atoms with van der Waals surface area (Å²) in [4.78, 5) is 18.9. The van der Waals surface area contributed by atoms with Crippen molar-refractivity contribution in [3.05, 3.63) is 41.4 Å². The predicted octanol–water partition coefficient (Wildman–Crippen LogP) is 3.26. The molecule has 0 bridgehead atoms. The van der Waals surface area contributed by atoms with Gasteiger partial charge in [-0.25, -0.2) is 4.98 Å². The lowest BCUT2D eigenvalue weighted by molar-refractivity contribution is -0.121. The first-order valence-corrected chi connectivity index (χ1v) is 9.83. The monoisotopic (exact) mass is 359 g/mol. The van der Waals surface area contributed by atoms with E-state index in [1.165, 1.54) is 12.8 Å². The fourth-order valence-electron chi connectivity index (χ4n) is 2.82. The molecule has 5 nitrogen and oxygen atoms in total. The van der Waals surface area contributed by atoms with Crippen molar-refractivity contribution in [3.63, 3.8) is 0 Å². The Morgan fingerprint density at radius 1 is 1.24 bits per heavy atom. The topological polar surface area (TPSA) is 54.5 Å². The van der Waals surface area contributed by atoms with Crippen molar-refractivity contribution in [3.8, 4) is 5.75 Å². The van der Waals surface area contributed by atoms with Crippen molar-refractivity contribution in [2.45, 2.75) is 32.1 Å². The van der Waals surface area contributed by atoms with E-state index in [0.717, 1.165) is 42.5 Å². The van der Waals surface area contributed by atoms with Gasteiger partial charge in [0, 0.05) is 37.9 Å². The Morgan fingerprint density at radius 2 is 2.04 bits per heavy atom. The maximum atomic E-state index is 11.9. The fourth-order valence-corrected chi connectivity index (χ4v) is 3.74. The lowest BCUT2D eigenvalue weighted by Crippen LogP contribution is -2.26. The zero-order valence-corrected chi connectivity index (χ0v) is 15.3. The number of hydrogen-bond acceptors (Lipinski definition) is 5. The van der Waals surface area contributed by atoms with Crippen LogP contribution in [0.1, 0.15) is 31.4 Å². The summed E-state index contributed by atoms with van der Waals surface area (Å²) in [5, 5.41) is 6.19. The van der Waals surface area contributed by atoms with Crippen molar-refractivity contribution in [2.75, 3.05) is 31.1 Å². The van der Waals surface area contributed by atoms with Gasteiger partial charge in [0.15, 0.2) is 5.13 Å². The summed E-state index contributed by atoms with van der Waals surface area (Å²) in [6, 6.07) is 9.68. The first-order chi connectivity index (χ1) is 12.3. The summed E-state index contributed by atoms with van der Waals surface area (Å²) in [5.74, 6) is 0.923. The van der Waals surface area contributed by atoms with E-state index in [2.05, 4.69) is 20.6 Å². The number of nitrogens with zero attached hydrogens (tertiary/aromatic N) is 2. The van der Waals surface area contributed by atoms with Crippen molar-refractivity contribution in [1.82, 2.24) is 10.3 Å². The molecule has 3 rings (SSSR count). The highest BCUT2D eigenvalue weighted by Gasteiger charge is 2.15. The highest BCUT2D eigenvalue weighted by Crippen LogP contribution is 2.24. The molecule has 25 heavy (non-hydrogen) atoms. The van der Waals surface area contributed by atoms with Crippen LogP contribution in [0.2, 0.25) is 0 Å². The van der Waals surface area contributed by atoms with E-state index in [-0.39, 0.29) is 5.91 Å². The summed E-state index contributed by atoms with van der Waals surface area (Å²) in [7, 11) is 0. The zero-order valence-electron chi connectivity index (χ0n) is 14.4. The molecule has 0 saturated carbocycles. The smallest absolute Gasteiger partial charge is 0.220 e. The number of carbonyl (C=O) groups excluding carboxylic acids is 1. The molecule has 1 N–H and O–H groups in total. The molecule has 1 aliphatic heterocycles. The van der Waals surface area contributed by atoms with E-state index in [9.17, 15) is 4.79 Å². The van der Waals surface area contributed by atoms with Gasteiger partial charge in [0.25, 0.3) is 0 Å². The third-order valence-corrected chi connectivity index (χ3v) is 5.13. The van der Waals surface area contributed by atoms with Crippen LogP contribution in [0.3, 0.4) is 0 Å². The van der Waals surface area contributed by atoms with Crippen LogP contribution in [0.25, 0.3) is 0 Å². The van der Waals surface area contributed by atoms with Crippen LogP contribution in [-0.4, -0.2) is 37.1 Å². The van der Waals surface area contributed by atoms with Crippen molar-refractivity contribution < 1.29 is 9.53 Å². The van der Waals surface area contributed by atoms with E-state index >= 15 is 0 Å². The number of ether oxygens (including phenoxy) is 1. The number of benzene rings is 1. The van der Waals surface area contributed by atoms with Crippen LogP contribution in [0.5, 0.6) is 5.75 Å². The molecular weight excluding hydrogens is 334 g/mol. The minimum Gasteiger partial charge on any atom is -0.494 e. The number of aromatic nitrogens is 1. The van der Waals surface area contributed by atoms with Gasteiger partial charge >= 0.3 is 0 Å². The van der Waals surface area contributed by atoms with Crippen LogP contribution in [-0.2, 0) is 11.2 Å². The molecular formula is C19H25N3O2S. The molecule has 2 aromatic rings. The number of nitrogens with one attached hydrogen (secondary N) is 1. The Labute approximate surface area is 153 Å². The van der Waals surface area contributed by atoms with Crippen molar-refractivity contribution in [2.24, 2.45) is 0 Å². The Bertz CT molecular complexity index is 654. The van der Waals surface area contributed by atoms with Gasteiger partial charge in [-0.1, -0.05) is 18.2 Å². The predicted molar refractivity (Wildman–Crippen MR) is 101 cm³/mol. The molecule has 1 fully saturated rings. The largest absolute Gasteiger partial charge is 0.494 e. The molecule has 1 saturated heterocycles. The molecule has 6 heteroatoms. The second-order valence-corrected chi connectivity index (χ2v) is 7.02. The van der Waals surface area contributed by atoms with Gasteiger partial charge in [-0.05, 0) is 31.4 Å². The van der Waals surface area contributed by atoms with Crippen LogP contribution in [0.15, 0.2) is 35.7 Å². The normalized spacial score (nSPS) is 13.8. The van der Waals surface area contributed by atoms with Gasteiger partial charge in [0.05, 0.1) is 12.3 Å². The summed E-state index contributed by atoms with van der Waals surface area (Å²) >= 11 is 1.71. The first kappa shape index (κ1) is 17.7. The van der Waals surface area contributed by atoms with Crippen LogP contribution in [0.4, 0.5) is 5.13 Å². The van der Waals surface area contributed by atoms with Crippen molar-refractivity contribution >= 4 is 22.4 Å². The first-order valence-electron chi connectivity index (χ1n) is 8.95. The van der Waals surface area contributed by atoms with Gasteiger partial charge in [-0.2, -0.15) is 0 Å². The molecule has 0 aliphatic carbocycles. The van der Waals surface area contributed by atoms with E-state index in [1.54, 1.807) is 11.3 Å². The number of carbonyl (C=O) groups is 1. The molecule has 0 unspecified atom stereocenters. The average molecular weight is 359 g/mol. The average Bonchev–Trinajstić information content (AvgIpc) is 3.31. The molecule has 0 radical (unpaired) electrons. The van der Waals surface area contributed by atoms with Gasteiger partial charge in [0.1, 0.15) is 5.75 Å². The number of thiazole rings is 1. The van der Waals surface area contributed by atoms with E-state index in [1.807, 2.05) is 30.3 Å². The number of amides is 1. The van der Waals surface area contributed by atoms with Crippen LogP contribution >= 0.6 is 11.3 Å². The summed E-state index contributed by atoms with van der Waals surface area (Å²) in [6.07, 6.45) is 4.52. The Morgan fingerprint density at radius 3 is 2.84 bits per heavy atom. The molecule has 1 aliphatic rings. The van der Waals surface area contributed by atoms with Gasteiger partial charge < -0.3 is 15.0 Å².